The summed E-state index contributed by atoms with van der Waals surface area (Å²) in [7, 11) is 0. The zero-order valence-corrected chi connectivity index (χ0v) is 9.84. The second kappa shape index (κ2) is 4.70. The number of pyridine rings is 1. The van der Waals surface area contributed by atoms with Gasteiger partial charge < -0.3 is 5.73 Å². The molecule has 1 atom stereocenters. The molecule has 1 aromatic heterocycles. The van der Waals surface area contributed by atoms with Crippen LogP contribution in [0.2, 0.25) is 0 Å². The monoisotopic (exact) mass is 303 g/mol. The standard InChI is InChI=1S/C8H7Br2N3/c9-7-2-1-5(8(10)13-7)6(12)3-4-11/h1-2,6H,3,12H2/t6-/m0/s1. The van der Waals surface area contributed by atoms with Crippen molar-refractivity contribution in [3.05, 3.63) is 26.9 Å². The lowest BCUT2D eigenvalue weighted by atomic mass is 10.1. The van der Waals surface area contributed by atoms with E-state index in [2.05, 4.69) is 36.8 Å². The highest BCUT2D eigenvalue weighted by molar-refractivity contribution is 9.11. The maximum absolute atomic E-state index is 8.47. The first-order chi connectivity index (χ1) is 6.15. The summed E-state index contributed by atoms with van der Waals surface area (Å²) in [6.07, 6.45) is 0.294. The molecule has 0 saturated carbocycles. The molecule has 0 aliphatic rings. The van der Waals surface area contributed by atoms with Crippen LogP contribution in [0.4, 0.5) is 0 Å². The summed E-state index contributed by atoms with van der Waals surface area (Å²) in [6, 6.07) is 5.40. The predicted octanol–water partition coefficient (Wildman–Crippen LogP) is 2.52. The molecule has 13 heavy (non-hydrogen) atoms. The molecule has 3 nitrogen and oxygen atoms in total. The molecule has 0 radical (unpaired) electrons. The minimum absolute atomic E-state index is 0.278. The molecule has 5 heteroatoms. The minimum atomic E-state index is -0.278. The number of aromatic nitrogens is 1. The molecule has 2 N–H and O–H groups in total. The van der Waals surface area contributed by atoms with Crippen LogP contribution in [0.3, 0.4) is 0 Å². The van der Waals surface area contributed by atoms with Gasteiger partial charge in [-0.1, -0.05) is 6.07 Å². The molecule has 68 valence electrons. The molecule has 1 rings (SSSR count). The fourth-order valence-corrected chi connectivity index (χ4v) is 2.07. The van der Waals surface area contributed by atoms with Crippen LogP contribution in [0.1, 0.15) is 18.0 Å². The zero-order chi connectivity index (χ0) is 9.84. The van der Waals surface area contributed by atoms with E-state index in [-0.39, 0.29) is 6.04 Å². The highest BCUT2D eigenvalue weighted by atomic mass is 79.9. The first-order valence-electron chi connectivity index (χ1n) is 3.59. The Labute approximate surface area is 93.2 Å². The van der Waals surface area contributed by atoms with Crippen LogP contribution >= 0.6 is 31.9 Å². The normalized spacial score (nSPS) is 12.2. The average Bonchev–Trinajstić information content (AvgIpc) is 2.04. The van der Waals surface area contributed by atoms with Crippen molar-refractivity contribution >= 4 is 31.9 Å². The van der Waals surface area contributed by atoms with E-state index in [4.69, 9.17) is 11.0 Å². The Morgan fingerprint density at radius 2 is 2.23 bits per heavy atom. The van der Waals surface area contributed by atoms with Gasteiger partial charge in [-0.25, -0.2) is 4.98 Å². The van der Waals surface area contributed by atoms with Crippen molar-refractivity contribution in [2.75, 3.05) is 0 Å². The van der Waals surface area contributed by atoms with Crippen molar-refractivity contribution in [1.82, 2.24) is 4.98 Å². The van der Waals surface area contributed by atoms with Crippen LogP contribution in [0.5, 0.6) is 0 Å². The lowest BCUT2D eigenvalue weighted by Crippen LogP contribution is -2.10. The summed E-state index contributed by atoms with van der Waals surface area (Å²) < 4.78 is 1.43. The van der Waals surface area contributed by atoms with E-state index in [0.29, 0.717) is 11.0 Å². The fourth-order valence-electron chi connectivity index (χ4n) is 0.908. The Bertz CT molecular complexity index is 346. The molecule has 0 aromatic carbocycles. The largest absolute Gasteiger partial charge is 0.323 e. The van der Waals surface area contributed by atoms with Gasteiger partial charge in [0, 0.05) is 11.6 Å². The van der Waals surface area contributed by atoms with Gasteiger partial charge in [0.2, 0.25) is 0 Å². The van der Waals surface area contributed by atoms with Gasteiger partial charge in [-0.05, 0) is 37.9 Å². The zero-order valence-electron chi connectivity index (χ0n) is 6.67. The van der Waals surface area contributed by atoms with Crippen LogP contribution < -0.4 is 5.73 Å². The second-order valence-electron chi connectivity index (χ2n) is 2.48. The summed E-state index contributed by atoms with van der Waals surface area (Å²) in [4.78, 5) is 4.12. The van der Waals surface area contributed by atoms with Crippen molar-refractivity contribution in [2.24, 2.45) is 5.73 Å². The number of nitriles is 1. The van der Waals surface area contributed by atoms with E-state index < -0.39 is 0 Å². The van der Waals surface area contributed by atoms with Gasteiger partial charge in [0.15, 0.2) is 0 Å². The Kier molecular flexibility index (Phi) is 3.85. The molecule has 0 aliphatic carbocycles. The van der Waals surface area contributed by atoms with E-state index >= 15 is 0 Å². The van der Waals surface area contributed by atoms with Crippen LogP contribution in [0.15, 0.2) is 21.3 Å². The number of rotatable bonds is 2. The van der Waals surface area contributed by atoms with Gasteiger partial charge in [-0.15, -0.1) is 0 Å². The maximum Gasteiger partial charge on any atom is 0.112 e. The number of hydrogen-bond donors (Lipinski definition) is 1. The van der Waals surface area contributed by atoms with Crippen LogP contribution in [0, 0.1) is 11.3 Å². The smallest absolute Gasteiger partial charge is 0.112 e. The van der Waals surface area contributed by atoms with E-state index in [1.54, 1.807) is 6.07 Å². The first-order valence-corrected chi connectivity index (χ1v) is 5.18. The van der Waals surface area contributed by atoms with Gasteiger partial charge in [-0.3, -0.25) is 0 Å². The summed E-state index contributed by atoms with van der Waals surface area (Å²) in [5, 5.41) is 8.47. The molecule has 0 fully saturated rings. The van der Waals surface area contributed by atoms with Crippen LogP contribution in [-0.4, -0.2) is 4.98 Å². The summed E-state index contributed by atoms with van der Waals surface area (Å²) in [6.45, 7) is 0. The van der Waals surface area contributed by atoms with E-state index in [0.717, 1.165) is 10.2 Å². The third-order valence-electron chi connectivity index (χ3n) is 1.55. The maximum atomic E-state index is 8.47. The first kappa shape index (κ1) is 10.6. The van der Waals surface area contributed by atoms with Gasteiger partial charge >= 0.3 is 0 Å². The lowest BCUT2D eigenvalue weighted by Gasteiger charge is -2.09. The minimum Gasteiger partial charge on any atom is -0.323 e. The van der Waals surface area contributed by atoms with Crippen molar-refractivity contribution in [2.45, 2.75) is 12.5 Å². The molecule has 1 heterocycles. The van der Waals surface area contributed by atoms with Crippen LogP contribution in [-0.2, 0) is 0 Å². The third-order valence-corrected chi connectivity index (χ3v) is 2.63. The topological polar surface area (TPSA) is 62.7 Å². The molecular weight excluding hydrogens is 298 g/mol. The van der Waals surface area contributed by atoms with E-state index in [1.807, 2.05) is 12.1 Å². The molecule has 0 saturated heterocycles. The van der Waals surface area contributed by atoms with E-state index in [1.165, 1.54) is 0 Å². The molecule has 0 aliphatic heterocycles. The van der Waals surface area contributed by atoms with Crippen molar-refractivity contribution < 1.29 is 0 Å². The van der Waals surface area contributed by atoms with Crippen molar-refractivity contribution in [1.29, 1.82) is 5.26 Å². The Hall–Kier alpha value is -0.440. The average molecular weight is 305 g/mol. The Morgan fingerprint density at radius 3 is 2.77 bits per heavy atom. The molecule has 0 amide bonds. The summed E-state index contributed by atoms with van der Waals surface area (Å²) in [5.74, 6) is 0. The van der Waals surface area contributed by atoms with Gasteiger partial charge in [0.05, 0.1) is 12.5 Å². The van der Waals surface area contributed by atoms with Crippen LogP contribution in [0.25, 0.3) is 0 Å². The molecule has 1 aromatic rings. The second-order valence-corrected chi connectivity index (χ2v) is 4.05. The van der Waals surface area contributed by atoms with Crippen molar-refractivity contribution in [3.8, 4) is 6.07 Å². The molecular formula is C8H7Br2N3. The molecule has 0 unspecified atom stereocenters. The fraction of sp³-hybridized carbons (Fsp3) is 0.250. The number of nitrogens with zero attached hydrogens (tertiary/aromatic N) is 2. The highest BCUT2D eigenvalue weighted by Gasteiger charge is 2.10. The predicted molar refractivity (Wildman–Crippen MR) is 56.8 cm³/mol. The summed E-state index contributed by atoms with van der Waals surface area (Å²) >= 11 is 6.52. The quantitative estimate of drug-likeness (QED) is 0.854. The Balaban J connectivity index is 2.96. The molecule has 0 bridgehead atoms. The highest BCUT2D eigenvalue weighted by Crippen LogP contribution is 2.23. The number of halogens is 2. The lowest BCUT2D eigenvalue weighted by molar-refractivity contribution is 0.738. The SMILES string of the molecule is N#CC[C@H](N)c1ccc(Br)nc1Br. The van der Waals surface area contributed by atoms with E-state index in [9.17, 15) is 0 Å². The Morgan fingerprint density at radius 1 is 1.54 bits per heavy atom. The van der Waals surface area contributed by atoms with Gasteiger partial charge in [-0.2, -0.15) is 5.26 Å². The number of hydrogen-bond acceptors (Lipinski definition) is 3. The third kappa shape index (κ3) is 2.76. The van der Waals surface area contributed by atoms with Gasteiger partial charge in [0.1, 0.15) is 9.21 Å². The number of nitrogens with two attached hydrogens (primary N) is 1. The van der Waals surface area contributed by atoms with Crippen molar-refractivity contribution in [3.63, 3.8) is 0 Å². The molecule has 0 spiro atoms. The summed E-state index contributed by atoms with van der Waals surface area (Å²) in [5.41, 5.74) is 6.60. The van der Waals surface area contributed by atoms with Gasteiger partial charge in [0.25, 0.3) is 0 Å².